The number of carbonyl (C=O) groups excluding carboxylic acids is 1. The summed E-state index contributed by atoms with van der Waals surface area (Å²) in [5, 5.41) is 16.0. The summed E-state index contributed by atoms with van der Waals surface area (Å²) in [4.78, 5) is 13.4. The van der Waals surface area contributed by atoms with Gasteiger partial charge in [0.25, 0.3) is 0 Å². The number of aromatic hydroxyl groups is 1. The zero-order valence-electron chi connectivity index (χ0n) is 17.9. The second kappa shape index (κ2) is 8.39. The number of carbonyl (C=O) groups is 1. The maximum absolute atomic E-state index is 13.4. The molecule has 0 aliphatic heterocycles. The van der Waals surface area contributed by atoms with E-state index in [9.17, 15) is 9.90 Å². The number of ether oxygens (including phenoxy) is 1. The molecule has 4 nitrogen and oxygen atoms in total. The fourth-order valence-corrected chi connectivity index (χ4v) is 4.61. The third kappa shape index (κ3) is 3.69. The lowest BCUT2D eigenvalue weighted by Crippen LogP contribution is -2.31. The van der Waals surface area contributed by atoms with Crippen LogP contribution in [0.4, 0.5) is 0 Å². The standard InChI is InChI=1S/C28H25NO3/c1-32-25-14-8-7-13-21(25)22-17-23(22)28(31)29-27(19-10-3-2-4-11-19)26-20-12-6-5-9-18(20)15-16-24(26)30/h2-16,22-23,27,30H,17H2,1H3,(H,29,31)/t22-,23-,27+/m0/s1. The Balaban J connectivity index is 1.49. The lowest BCUT2D eigenvalue weighted by Gasteiger charge is -2.23. The minimum absolute atomic E-state index is 0.0120. The Labute approximate surface area is 187 Å². The quantitative estimate of drug-likeness (QED) is 0.427. The summed E-state index contributed by atoms with van der Waals surface area (Å²) in [6, 6.07) is 28.8. The van der Waals surface area contributed by atoms with Crippen LogP contribution in [0.15, 0.2) is 91.0 Å². The van der Waals surface area contributed by atoms with E-state index < -0.39 is 6.04 Å². The molecule has 1 saturated carbocycles. The summed E-state index contributed by atoms with van der Waals surface area (Å²) < 4.78 is 5.49. The van der Waals surface area contributed by atoms with Gasteiger partial charge in [0.15, 0.2) is 0 Å². The van der Waals surface area contributed by atoms with Gasteiger partial charge in [-0.3, -0.25) is 4.79 Å². The number of rotatable bonds is 6. The molecule has 1 aliphatic rings. The third-order valence-corrected chi connectivity index (χ3v) is 6.32. The molecule has 4 aromatic rings. The Morgan fingerprint density at radius 2 is 1.66 bits per heavy atom. The van der Waals surface area contributed by atoms with E-state index >= 15 is 0 Å². The molecule has 2 N–H and O–H groups in total. The van der Waals surface area contributed by atoms with Crippen molar-refractivity contribution in [3.8, 4) is 11.5 Å². The second-order valence-corrected chi connectivity index (χ2v) is 8.26. The Morgan fingerprint density at radius 1 is 0.938 bits per heavy atom. The molecule has 0 aromatic heterocycles. The summed E-state index contributed by atoms with van der Waals surface area (Å²) in [6.45, 7) is 0. The van der Waals surface area contributed by atoms with Crippen molar-refractivity contribution >= 4 is 16.7 Å². The number of para-hydroxylation sites is 1. The van der Waals surface area contributed by atoms with Crippen LogP contribution in [0.3, 0.4) is 0 Å². The highest BCUT2D eigenvalue weighted by molar-refractivity contribution is 5.90. The van der Waals surface area contributed by atoms with Gasteiger partial charge in [-0.1, -0.05) is 78.9 Å². The Kier molecular flexibility index (Phi) is 5.28. The number of fused-ring (bicyclic) bond motifs is 1. The number of hydrogen-bond acceptors (Lipinski definition) is 3. The topological polar surface area (TPSA) is 58.6 Å². The number of phenols is 1. The molecule has 0 radical (unpaired) electrons. The molecule has 0 bridgehead atoms. The van der Waals surface area contributed by atoms with Crippen LogP contribution in [-0.2, 0) is 4.79 Å². The van der Waals surface area contributed by atoms with Crippen LogP contribution < -0.4 is 10.1 Å². The molecule has 1 aliphatic carbocycles. The first-order valence-corrected chi connectivity index (χ1v) is 10.9. The van der Waals surface area contributed by atoms with Gasteiger partial charge in [-0.25, -0.2) is 0 Å². The first-order valence-electron chi connectivity index (χ1n) is 10.9. The molecule has 4 aromatic carbocycles. The molecule has 4 heteroatoms. The van der Waals surface area contributed by atoms with Crippen molar-refractivity contribution in [3.05, 3.63) is 108 Å². The van der Waals surface area contributed by atoms with Gasteiger partial charge in [-0.2, -0.15) is 0 Å². The average molecular weight is 424 g/mol. The van der Waals surface area contributed by atoms with E-state index in [1.54, 1.807) is 13.2 Å². The Morgan fingerprint density at radius 3 is 2.47 bits per heavy atom. The zero-order chi connectivity index (χ0) is 22.1. The van der Waals surface area contributed by atoms with Crippen LogP contribution >= 0.6 is 0 Å². The van der Waals surface area contributed by atoms with E-state index in [0.29, 0.717) is 0 Å². The third-order valence-electron chi connectivity index (χ3n) is 6.32. The monoisotopic (exact) mass is 423 g/mol. The van der Waals surface area contributed by atoms with Crippen LogP contribution in [0.5, 0.6) is 11.5 Å². The highest BCUT2D eigenvalue weighted by Crippen LogP contribution is 2.51. The van der Waals surface area contributed by atoms with E-state index in [-0.39, 0.29) is 23.5 Å². The summed E-state index contributed by atoms with van der Waals surface area (Å²) in [7, 11) is 1.66. The summed E-state index contributed by atoms with van der Waals surface area (Å²) >= 11 is 0. The van der Waals surface area contributed by atoms with Gasteiger partial charge in [-0.15, -0.1) is 0 Å². The number of benzene rings is 4. The predicted molar refractivity (Wildman–Crippen MR) is 126 cm³/mol. The van der Waals surface area contributed by atoms with Gasteiger partial charge < -0.3 is 15.2 Å². The molecule has 0 unspecified atom stereocenters. The van der Waals surface area contributed by atoms with Gasteiger partial charge in [0, 0.05) is 11.5 Å². The van der Waals surface area contributed by atoms with Crippen LogP contribution in [0, 0.1) is 5.92 Å². The van der Waals surface area contributed by atoms with E-state index in [4.69, 9.17) is 4.74 Å². The second-order valence-electron chi connectivity index (χ2n) is 8.26. The summed E-state index contributed by atoms with van der Waals surface area (Å²) in [6.07, 6.45) is 0.787. The first kappa shape index (κ1) is 20.1. The van der Waals surface area contributed by atoms with Crippen molar-refractivity contribution in [2.45, 2.75) is 18.4 Å². The van der Waals surface area contributed by atoms with Crippen molar-refractivity contribution in [2.24, 2.45) is 5.92 Å². The number of methoxy groups -OCH3 is 1. The van der Waals surface area contributed by atoms with Crippen LogP contribution in [0.2, 0.25) is 0 Å². The lowest BCUT2D eigenvalue weighted by atomic mass is 9.92. The first-order chi connectivity index (χ1) is 15.7. The molecule has 1 amide bonds. The van der Waals surface area contributed by atoms with Crippen LogP contribution in [0.1, 0.15) is 35.1 Å². The van der Waals surface area contributed by atoms with Crippen LogP contribution in [-0.4, -0.2) is 18.1 Å². The molecule has 3 atom stereocenters. The molecule has 160 valence electrons. The van der Waals surface area contributed by atoms with Gasteiger partial charge >= 0.3 is 0 Å². The Bertz CT molecular complexity index is 1270. The largest absolute Gasteiger partial charge is 0.508 e. The predicted octanol–water partition coefficient (Wildman–Crippen LogP) is 5.56. The molecule has 0 heterocycles. The molecule has 0 spiro atoms. The molecule has 0 saturated heterocycles. The number of nitrogens with one attached hydrogen (secondary N) is 1. The van der Waals surface area contributed by atoms with Crippen molar-refractivity contribution in [1.29, 1.82) is 0 Å². The fraction of sp³-hybridized carbons (Fsp3) is 0.179. The van der Waals surface area contributed by atoms with Gasteiger partial charge in [0.05, 0.1) is 13.2 Å². The summed E-state index contributed by atoms with van der Waals surface area (Å²) in [5.41, 5.74) is 2.72. The highest BCUT2D eigenvalue weighted by Gasteiger charge is 2.46. The molecule has 32 heavy (non-hydrogen) atoms. The van der Waals surface area contributed by atoms with Crippen molar-refractivity contribution in [3.63, 3.8) is 0 Å². The normalized spacial score (nSPS) is 18.2. The van der Waals surface area contributed by atoms with Gasteiger partial charge in [-0.05, 0) is 46.4 Å². The van der Waals surface area contributed by atoms with Gasteiger partial charge in [0.2, 0.25) is 5.91 Å². The number of hydrogen-bond donors (Lipinski definition) is 2. The Hall–Kier alpha value is -3.79. The van der Waals surface area contributed by atoms with E-state index in [2.05, 4.69) is 5.32 Å². The van der Waals surface area contributed by atoms with Gasteiger partial charge in [0.1, 0.15) is 11.5 Å². The molecular formula is C28H25NO3. The fourth-order valence-electron chi connectivity index (χ4n) is 4.61. The minimum atomic E-state index is -0.450. The van der Waals surface area contributed by atoms with E-state index in [0.717, 1.165) is 39.6 Å². The van der Waals surface area contributed by atoms with E-state index in [1.807, 2.05) is 84.9 Å². The smallest absolute Gasteiger partial charge is 0.224 e. The SMILES string of the molecule is COc1ccccc1[C@@H]1C[C@@H]1C(=O)N[C@H](c1ccccc1)c1c(O)ccc2ccccc12. The average Bonchev–Trinajstić information content (AvgIpc) is 3.64. The maximum Gasteiger partial charge on any atom is 0.224 e. The maximum atomic E-state index is 13.4. The van der Waals surface area contributed by atoms with Crippen molar-refractivity contribution in [1.82, 2.24) is 5.32 Å². The highest BCUT2D eigenvalue weighted by atomic mass is 16.5. The number of amides is 1. The lowest BCUT2D eigenvalue weighted by molar-refractivity contribution is -0.122. The number of phenolic OH excluding ortho intramolecular Hbond substituents is 1. The molecule has 5 rings (SSSR count). The summed E-state index contributed by atoms with van der Waals surface area (Å²) in [5.74, 6) is 1.01. The molecule has 1 fully saturated rings. The zero-order valence-corrected chi connectivity index (χ0v) is 17.9. The van der Waals surface area contributed by atoms with Crippen molar-refractivity contribution in [2.75, 3.05) is 7.11 Å². The van der Waals surface area contributed by atoms with Crippen molar-refractivity contribution < 1.29 is 14.6 Å². The van der Waals surface area contributed by atoms with Crippen LogP contribution in [0.25, 0.3) is 10.8 Å². The molecular weight excluding hydrogens is 398 g/mol. The minimum Gasteiger partial charge on any atom is -0.508 e. The van der Waals surface area contributed by atoms with E-state index in [1.165, 1.54) is 0 Å².